The van der Waals surface area contributed by atoms with Gasteiger partial charge in [-0.25, -0.2) is 16.8 Å². The van der Waals surface area contributed by atoms with Gasteiger partial charge in [0.05, 0.1) is 11.4 Å². The second-order valence-electron chi connectivity index (χ2n) is 9.98. The molecule has 214 valence electrons. The predicted octanol–water partition coefficient (Wildman–Crippen LogP) is 3.86. The molecule has 9 nitrogen and oxygen atoms in total. The SMILES string of the molecule is CNCc1cc(-c2cccc(N(C(=O)C3CCN(C(=O)CCl)CC3)C(C)C)c2F)n(S(=O)(=O)c2cccnc2)c1. The number of anilines is 1. The molecule has 12 heteroatoms. The summed E-state index contributed by atoms with van der Waals surface area (Å²) in [5.74, 6) is -1.60. The first kappa shape index (κ1) is 29.7. The number of carbonyl (C=O) groups excluding carboxylic acids is 2. The maximum Gasteiger partial charge on any atom is 0.269 e. The highest BCUT2D eigenvalue weighted by Gasteiger charge is 2.34. The monoisotopic (exact) mass is 589 g/mol. The molecule has 2 aromatic heterocycles. The molecule has 1 aliphatic rings. The van der Waals surface area contributed by atoms with Crippen molar-refractivity contribution in [3.63, 3.8) is 0 Å². The third-order valence-electron chi connectivity index (χ3n) is 6.99. The van der Waals surface area contributed by atoms with Crippen LogP contribution in [0.3, 0.4) is 0 Å². The zero-order chi connectivity index (χ0) is 29.0. The van der Waals surface area contributed by atoms with Crippen LogP contribution in [0.25, 0.3) is 11.3 Å². The summed E-state index contributed by atoms with van der Waals surface area (Å²) in [5.41, 5.74) is 0.897. The van der Waals surface area contributed by atoms with Crippen LogP contribution in [0.1, 0.15) is 32.3 Å². The van der Waals surface area contributed by atoms with Gasteiger partial charge in [-0.3, -0.25) is 14.6 Å². The molecule has 1 N–H and O–H groups in total. The van der Waals surface area contributed by atoms with Crippen molar-refractivity contribution in [3.8, 4) is 11.3 Å². The number of likely N-dealkylation sites (tertiary alicyclic amines) is 1. The Morgan fingerprint density at radius 3 is 2.52 bits per heavy atom. The standard InChI is InChI=1S/C28H33ClFN5O4S/c1-19(2)35(28(37)21-9-12-33(13-10-21)26(36)15-29)24-8-4-7-23(27(24)30)25-14-20(16-31-3)18-34(25)40(38,39)22-6-5-11-32-17-22/h4-8,11,14,17-19,21,31H,9-10,12-13,15-16H2,1-3H3. The smallest absolute Gasteiger partial charge is 0.269 e. The number of benzene rings is 1. The van der Waals surface area contributed by atoms with E-state index in [9.17, 15) is 18.0 Å². The van der Waals surface area contributed by atoms with E-state index in [4.69, 9.17) is 11.6 Å². The summed E-state index contributed by atoms with van der Waals surface area (Å²) < 4.78 is 44.6. The lowest BCUT2D eigenvalue weighted by atomic mass is 9.94. The molecule has 3 aromatic rings. The van der Waals surface area contributed by atoms with Crippen molar-refractivity contribution >= 4 is 39.1 Å². The molecular weight excluding hydrogens is 557 g/mol. The van der Waals surface area contributed by atoms with Crippen molar-refractivity contribution < 1.29 is 22.4 Å². The van der Waals surface area contributed by atoms with E-state index in [1.165, 1.54) is 47.8 Å². The minimum Gasteiger partial charge on any atom is -0.342 e. The lowest BCUT2D eigenvalue weighted by Gasteiger charge is -2.36. The molecule has 0 atom stereocenters. The van der Waals surface area contributed by atoms with E-state index in [2.05, 4.69) is 10.3 Å². The Balaban J connectivity index is 1.74. The van der Waals surface area contributed by atoms with Gasteiger partial charge in [0.25, 0.3) is 10.0 Å². The lowest BCUT2D eigenvalue weighted by molar-refractivity contribution is -0.132. The molecule has 0 spiro atoms. The van der Waals surface area contributed by atoms with Crippen LogP contribution in [0.5, 0.6) is 0 Å². The Morgan fingerprint density at radius 2 is 1.93 bits per heavy atom. The van der Waals surface area contributed by atoms with Crippen LogP contribution in [0.15, 0.2) is 59.9 Å². The fraction of sp³-hybridized carbons (Fsp3) is 0.393. The molecule has 1 aliphatic heterocycles. The first-order valence-electron chi connectivity index (χ1n) is 13.1. The highest BCUT2D eigenvalue weighted by atomic mass is 35.5. The number of halogens is 2. The molecule has 1 saturated heterocycles. The Kier molecular flexibility index (Phi) is 9.27. The predicted molar refractivity (Wildman–Crippen MR) is 152 cm³/mol. The van der Waals surface area contributed by atoms with E-state index in [1.54, 1.807) is 37.9 Å². The summed E-state index contributed by atoms with van der Waals surface area (Å²) in [4.78, 5) is 32.6. The van der Waals surface area contributed by atoms with Gasteiger partial charge in [0.15, 0.2) is 5.82 Å². The van der Waals surface area contributed by atoms with Crippen LogP contribution in [0, 0.1) is 11.7 Å². The first-order valence-corrected chi connectivity index (χ1v) is 15.0. The largest absolute Gasteiger partial charge is 0.342 e. The summed E-state index contributed by atoms with van der Waals surface area (Å²) in [6.07, 6.45) is 5.08. The third-order valence-corrected chi connectivity index (χ3v) is 8.88. The van der Waals surface area contributed by atoms with E-state index < -0.39 is 15.8 Å². The summed E-state index contributed by atoms with van der Waals surface area (Å²) >= 11 is 5.68. The second kappa shape index (κ2) is 12.5. The summed E-state index contributed by atoms with van der Waals surface area (Å²) in [6.45, 7) is 4.79. The van der Waals surface area contributed by atoms with Crippen molar-refractivity contribution in [2.45, 2.75) is 44.2 Å². The van der Waals surface area contributed by atoms with Crippen molar-refractivity contribution in [2.75, 3.05) is 30.9 Å². The molecular formula is C28H33ClFN5O4S. The number of aromatic nitrogens is 2. The number of amides is 2. The minimum absolute atomic E-state index is 0.0302. The maximum absolute atomic E-state index is 16.4. The van der Waals surface area contributed by atoms with Crippen LogP contribution >= 0.6 is 11.6 Å². The van der Waals surface area contributed by atoms with E-state index in [1.807, 2.05) is 0 Å². The molecule has 4 rings (SSSR count). The summed E-state index contributed by atoms with van der Waals surface area (Å²) in [6, 6.07) is 8.86. The molecule has 0 aliphatic carbocycles. The zero-order valence-corrected chi connectivity index (χ0v) is 24.3. The summed E-state index contributed by atoms with van der Waals surface area (Å²) in [5, 5.41) is 2.99. The molecule has 0 unspecified atom stereocenters. The Morgan fingerprint density at radius 1 is 1.20 bits per heavy atom. The van der Waals surface area contributed by atoms with Gasteiger partial charge in [0.2, 0.25) is 11.8 Å². The molecule has 0 bridgehead atoms. The zero-order valence-electron chi connectivity index (χ0n) is 22.7. The van der Waals surface area contributed by atoms with Crippen LogP contribution in [0.4, 0.5) is 10.1 Å². The Hall–Kier alpha value is -3.28. The van der Waals surface area contributed by atoms with E-state index >= 15 is 4.39 Å². The first-order chi connectivity index (χ1) is 19.1. The van der Waals surface area contributed by atoms with E-state index in [0.29, 0.717) is 38.0 Å². The highest BCUT2D eigenvalue weighted by Crippen LogP contribution is 2.35. The number of nitrogens with zero attached hydrogens (tertiary/aromatic N) is 4. The average molecular weight is 590 g/mol. The molecule has 1 fully saturated rings. The normalized spacial score (nSPS) is 14.5. The molecule has 0 saturated carbocycles. The number of carbonyl (C=O) groups is 2. The average Bonchev–Trinajstić information content (AvgIpc) is 3.38. The van der Waals surface area contributed by atoms with Gasteiger partial charge in [-0.1, -0.05) is 6.07 Å². The molecule has 0 radical (unpaired) electrons. The van der Waals surface area contributed by atoms with Crippen LogP contribution < -0.4 is 10.2 Å². The third kappa shape index (κ3) is 5.91. The number of hydrogen-bond acceptors (Lipinski definition) is 6. The van der Waals surface area contributed by atoms with Gasteiger partial charge in [-0.05, 0) is 69.6 Å². The Labute approximate surface area is 239 Å². The summed E-state index contributed by atoms with van der Waals surface area (Å²) in [7, 11) is -2.36. The van der Waals surface area contributed by atoms with Gasteiger partial charge < -0.3 is 15.1 Å². The van der Waals surface area contributed by atoms with Crippen LogP contribution in [-0.4, -0.2) is 66.1 Å². The van der Waals surface area contributed by atoms with Gasteiger partial charge in [-0.15, -0.1) is 11.6 Å². The van der Waals surface area contributed by atoms with Gasteiger partial charge in [-0.2, -0.15) is 0 Å². The van der Waals surface area contributed by atoms with Gasteiger partial charge >= 0.3 is 0 Å². The number of hydrogen-bond donors (Lipinski definition) is 1. The van der Waals surface area contributed by atoms with Crippen LogP contribution in [-0.2, 0) is 26.2 Å². The van der Waals surface area contributed by atoms with Crippen molar-refractivity contribution in [2.24, 2.45) is 5.92 Å². The minimum atomic E-state index is -4.09. The fourth-order valence-electron chi connectivity index (χ4n) is 5.02. The van der Waals surface area contributed by atoms with Crippen LogP contribution in [0.2, 0.25) is 0 Å². The number of pyridine rings is 1. The maximum atomic E-state index is 16.4. The highest BCUT2D eigenvalue weighted by molar-refractivity contribution is 7.90. The van der Waals surface area contributed by atoms with Gasteiger partial charge in [0, 0.05) is 55.7 Å². The number of nitrogens with one attached hydrogen (secondary N) is 1. The van der Waals surface area contributed by atoms with Crippen molar-refractivity contribution in [1.29, 1.82) is 0 Å². The van der Waals surface area contributed by atoms with E-state index in [0.717, 1.165) is 3.97 Å². The quantitative estimate of drug-likeness (QED) is 0.380. The van der Waals surface area contributed by atoms with Gasteiger partial charge in [0.1, 0.15) is 10.8 Å². The second-order valence-corrected chi connectivity index (χ2v) is 12.1. The molecule has 40 heavy (non-hydrogen) atoms. The van der Waals surface area contributed by atoms with E-state index in [-0.39, 0.29) is 51.5 Å². The molecule has 3 heterocycles. The topological polar surface area (TPSA) is 105 Å². The molecule has 2 amide bonds. The number of piperidine rings is 1. The molecule has 1 aromatic carbocycles. The number of alkyl halides is 1. The van der Waals surface area contributed by atoms with Crippen molar-refractivity contribution in [3.05, 3.63) is 66.4 Å². The van der Waals surface area contributed by atoms with Crippen molar-refractivity contribution in [1.82, 2.24) is 19.2 Å². The fourth-order valence-corrected chi connectivity index (χ4v) is 6.54. The Bertz CT molecular complexity index is 1470. The number of rotatable bonds is 9. The lowest BCUT2D eigenvalue weighted by Crippen LogP contribution is -2.47.